The summed E-state index contributed by atoms with van der Waals surface area (Å²) >= 11 is 1.02. The molecule has 2 aromatic heterocycles. The van der Waals surface area contributed by atoms with Gasteiger partial charge in [0, 0.05) is 0 Å². The van der Waals surface area contributed by atoms with Gasteiger partial charge < -0.3 is 5.11 Å². The van der Waals surface area contributed by atoms with E-state index in [1.54, 1.807) is 5.38 Å². The van der Waals surface area contributed by atoms with Gasteiger partial charge in [-0.05, 0) is 35.2 Å². The fraction of sp³-hybridized carbons (Fsp3) is 0.211. The van der Waals surface area contributed by atoms with Crippen molar-refractivity contribution in [2.75, 3.05) is 5.01 Å². The normalized spacial score (nSPS) is 19.4. The van der Waals surface area contributed by atoms with Crippen LogP contribution in [0.1, 0.15) is 17.7 Å². The number of benzene rings is 1. The predicted molar refractivity (Wildman–Crippen MR) is 101 cm³/mol. The van der Waals surface area contributed by atoms with Crippen molar-refractivity contribution in [1.29, 1.82) is 0 Å². The van der Waals surface area contributed by atoms with Crippen LogP contribution in [0.5, 0.6) is 0 Å². The van der Waals surface area contributed by atoms with E-state index in [0.29, 0.717) is 6.07 Å². The van der Waals surface area contributed by atoms with E-state index < -0.39 is 42.0 Å². The summed E-state index contributed by atoms with van der Waals surface area (Å²) in [5, 5.41) is 15.7. The smallest absolute Gasteiger partial charge is 0.362 e. The molecule has 13 heteroatoms. The van der Waals surface area contributed by atoms with E-state index in [2.05, 4.69) is 15.1 Å². The molecule has 1 aliphatic heterocycles. The average Bonchev–Trinajstić information content (AvgIpc) is 3.36. The number of hydrogen-bond acceptors (Lipinski definition) is 6. The summed E-state index contributed by atoms with van der Waals surface area (Å²) in [5.41, 5.74) is -5.79. The topological polar surface area (TPSA) is 61.6 Å². The minimum absolute atomic E-state index is 0.0435. The van der Waals surface area contributed by atoms with Crippen LogP contribution in [0.4, 0.5) is 36.7 Å². The molecule has 0 saturated heterocycles. The molecule has 4 rings (SSSR count). The summed E-state index contributed by atoms with van der Waals surface area (Å²) in [6.45, 7) is 0. The molecule has 1 aromatic carbocycles. The highest BCUT2D eigenvalue weighted by atomic mass is 32.1. The Morgan fingerprint density at radius 2 is 1.69 bits per heavy atom. The maximum Gasteiger partial charge on any atom is 0.438 e. The number of aromatic nitrogens is 2. The van der Waals surface area contributed by atoms with Crippen LogP contribution >= 0.6 is 11.3 Å². The van der Waals surface area contributed by atoms with Gasteiger partial charge in [0.05, 0.1) is 22.7 Å². The molecule has 0 amide bonds. The molecule has 0 aliphatic carbocycles. The lowest BCUT2D eigenvalue weighted by Crippen LogP contribution is -2.55. The van der Waals surface area contributed by atoms with Gasteiger partial charge in [-0.3, -0.25) is 0 Å². The number of nitrogens with zero attached hydrogens (tertiary/aromatic N) is 4. The minimum atomic E-state index is -5.33. The number of alkyl halides is 6. The third-order valence-electron chi connectivity index (χ3n) is 4.58. The molecule has 3 aromatic rings. The maximum atomic E-state index is 13.8. The Bertz CT molecular complexity index is 1160. The predicted octanol–water partition coefficient (Wildman–Crippen LogP) is 5.23. The van der Waals surface area contributed by atoms with Crippen LogP contribution in [0.15, 0.2) is 52.9 Å². The zero-order chi connectivity index (χ0) is 23.3. The highest BCUT2D eigenvalue weighted by molar-refractivity contribution is 7.13. The molecule has 0 radical (unpaired) electrons. The summed E-state index contributed by atoms with van der Waals surface area (Å²) in [6.07, 6.45) is -11.5. The minimum Gasteiger partial charge on any atom is -0.362 e. The SMILES string of the molecule is O[C@@]1(C(F)(F)F)CC(c2ccc(F)cc2)=NN1c1nc(-c2cccs2)cc(C(F)(F)F)n1. The second-order valence-corrected chi connectivity index (χ2v) is 7.72. The molecule has 1 atom stereocenters. The largest absolute Gasteiger partial charge is 0.438 e. The van der Waals surface area contributed by atoms with E-state index in [1.807, 2.05) is 0 Å². The second-order valence-electron chi connectivity index (χ2n) is 6.77. The Balaban J connectivity index is 1.89. The first-order chi connectivity index (χ1) is 14.9. The molecule has 0 unspecified atom stereocenters. The number of hydrogen-bond donors (Lipinski definition) is 1. The van der Waals surface area contributed by atoms with Crippen molar-refractivity contribution >= 4 is 23.0 Å². The number of hydrazone groups is 1. The van der Waals surface area contributed by atoms with Crippen molar-refractivity contribution in [3.8, 4) is 10.6 Å². The van der Waals surface area contributed by atoms with E-state index in [1.165, 1.54) is 12.1 Å². The Morgan fingerprint density at radius 3 is 2.25 bits per heavy atom. The van der Waals surface area contributed by atoms with Gasteiger partial charge in [0.2, 0.25) is 5.95 Å². The Labute approximate surface area is 179 Å². The molecule has 168 valence electrons. The van der Waals surface area contributed by atoms with Gasteiger partial charge in [0.25, 0.3) is 5.72 Å². The lowest BCUT2D eigenvalue weighted by molar-refractivity contribution is -0.254. The number of anilines is 1. The van der Waals surface area contributed by atoms with Gasteiger partial charge in [0.15, 0.2) is 5.69 Å². The van der Waals surface area contributed by atoms with Gasteiger partial charge in [-0.1, -0.05) is 18.2 Å². The van der Waals surface area contributed by atoms with Crippen molar-refractivity contribution in [3.63, 3.8) is 0 Å². The molecule has 1 N–H and O–H groups in total. The van der Waals surface area contributed by atoms with Crippen LogP contribution < -0.4 is 5.01 Å². The first-order valence-electron chi connectivity index (χ1n) is 8.81. The number of aliphatic hydroxyl groups is 1. The highest BCUT2D eigenvalue weighted by Gasteiger charge is 2.63. The Kier molecular flexibility index (Phi) is 5.20. The van der Waals surface area contributed by atoms with Crippen molar-refractivity contribution in [3.05, 3.63) is 64.9 Å². The van der Waals surface area contributed by atoms with Crippen LogP contribution in [0.25, 0.3) is 10.6 Å². The molecular weight excluding hydrogens is 465 g/mol. The van der Waals surface area contributed by atoms with Crippen molar-refractivity contribution < 1.29 is 35.8 Å². The van der Waals surface area contributed by atoms with Gasteiger partial charge in [0.1, 0.15) is 5.82 Å². The molecule has 0 spiro atoms. The van der Waals surface area contributed by atoms with Crippen LogP contribution in [0, 0.1) is 5.82 Å². The first-order valence-corrected chi connectivity index (χ1v) is 9.69. The van der Waals surface area contributed by atoms with Crippen molar-refractivity contribution in [1.82, 2.24) is 9.97 Å². The molecule has 3 heterocycles. The fourth-order valence-corrected chi connectivity index (χ4v) is 3.69. The number of rotatable bonds is 3. The van der Waals surface area contributed by atoms with Crippen LogP contribution in [-0.4, -0.2) is 32.7 Å². The van der Waals surface area contributed by atoms with E-state index in [-0.39, 0.29) is 26.9 Å². The third-order valence-corrected chi connectivity index (χ3v) is 5.48. The molecule has 1 aliphatic rings. The van der Waals surface area contributed by atoms with Crippen LogP contribution in [0.3, 0.4) is 0 Å². The first kappa shape index (κ1) is 22.1. The fourth-order valence-electron chi connectivity index (χ4n) is 3.00. The lowest BCUT2D eigenvalue weighted by atomic mass is 10.0. The molecule has 0 bridgehead atoms. The highest BCUT2D eigenvalue weighted by Crippen LogP contribution is 2.44. The number of halogens is 7. The summed E-state index contributed by atoms with van der Waals surface area (Å²) in [4.78, 5) is 7.28. The van der Waals surface area contributed by atoms with Crippen molar-refractivity contribution in [2.24, 2.45) is 5.10 Å². The third kappa shape index (κ3) is 3.93. The molecule has 0 saturated carbocycles. The van der Waals surface area contributed by atoms with Gasteiger partial charge in [-0.2, -0.15) is 36.5 Å². The van der Waals surface area contributed by atoms with E-state index in [4.69, 9.17) is 0 Å². The molecule has 32 heavy (non-hydrogen) atoms. The standard InChI is InChI=1S/C19H11F7N4OS/c20-11-5-3-10(4-6-11)13-9-17(31,19(24,25)26)30(29-13)16-27-12(14-2-1-7-32-14)8-15(28-16)18(21,22)23/h1-8,31H,9H2/t17-/m1/s1. The van der Waals surface area contributed by atoms with Gasteiger partial charge in [-0.25, -0.2) is 14.4 Å². The average molecular weight is 476 g/mol. The summed E-state index contributed by atoms with van der Waals surface area (Å²) in [5.74, 6) is -1.74. The van der Waals surface area contributed by atoms with E-state index in [9.17, 15) is 35.8 Å². The maximum absolute atomic E-state index is 13.8. The summed E-state index contributed by atoms with van der Waals surface area (Å²) in [7, 11) is 0. The molecular formula is C19H11F7N4OS. The van der Waals surface area contributed by atoms with Gasteiger partial charge >= 0.3 is 12.4 Å². The summed E-state index contributed by atoms with van der Waals surface area (Å²) < 4.78 is 95.0. The second kappa shape index (κ2) is 7.52. The van der Waals surface area contributed by atoms with E-state index >= 15 is 0 Å². The summed E-state index contributed by atoms with van der Waals surface area (Å²) in [6, 6.07) is 7.79. The van der Waals surface area contributed by atoms with Crippen molar-refractivity contribution in [2.45, 2.75) is 24.5 Å². The number of thiophene rings is 1. The van der Waals surface area contributed by atoms with Crippen LogP contribution in [-0.2, 0) is 6.18 Å². The Morgan fingerprint density at radius 1 is 1.00 bits per heavy atom. The van der Waals surface area contributed by atoms with E-state index in [0.717, 1.165) is 35.6 Å². The quantitative estimate of drug-likeness (QED) is 0.526. The monoisotopic (exact) mass is 476 g/mol. The Hall–Kier alpha value is -3.06. The van der Waals surface area contributed by atoms with Gasteiger partial charge in [-0.15, -0.1) is 11.3 Å². The lowest BCUT2D eigenvalue weighted by Gasteiger charge is -2.32. The van der Waals surface area contributed by atoms with Crippen LogP contribution in [0.2, 0.25) is 0 Å². The molecule has 5 nitrogen and oxygen atoms in total. The molecule has 0 fully saturated rings. The zero-order valence-corrected chi connectivity index (χ0v) is 16.4. The zero-order valence-electron chi connectivity index (χ0n) is 15.6.